The number of aromatic nitrogens is 4. The molecule has 5 nitrogen and oxygen atoms in total. The number of pyridine rings is 1. The van der Waals surface area contributed by atoms with Gasteiger partial charge in [0.25, 0.3) is 0 Å². The molecule has 3 aromatic rings. The van der Waals surface area contributed by atoms with Crippen molar-refractivity contribution < 1.29 is 4.79 Å². The van der Waals surface area contributed by atoms with E-state index in [-0.39, 0.29) is 5.41 Å². The van der Waals surface area contributed by atoms with Gasteiger partial charge >= 0.3 is 0 Å². The number of ketones is 1. The van der Waals surface area contributed by atoms with Crippen LogP contribution in [0.15, 0.2) is 47.9 Å². The number of Topliss-reactive ketones (excluding diaryl/α,β-unsaturated/α-hetero) is 1. The maximum absolute atomic E-state index is 13.8. The SMILES string of the molecule is CCc1cccc(CC)c1-n1c(SCC(=O)C23CC4CC(CC(C4)C2)C3)nnc1-c1cccnc1. The van der Waals surface area contributed by atoms with Gasteiger partial charge in [-0.3, -0.25) is 14.3 Å². The van der Waals surface area contributed by atoms with Crippen molar-refractivity contribution in [3.05, 3.63) is 53.9 Å². The smallest absolute Gasteiger partial charge is 0.196 e. The van der Waals surface area contributed by atoms with E-state index in [1.165, 1.54) is 30.4 Å². The molecule has 0 saturated heterocycles. The Kier molecular flexibility index (Phi) is 6.03. The maximum Gasteiger partial charge on any atom is 0.196 e. The lowest BCUT2D eigenvalue weighted by Gasteiger charge is -2.56. The van der Waals surface area contributed by atoms with Crippen LogP contribution in [0.3, 0.4) is 0 Å². The minimum Gasteiger partial charge on any atom is -0.298 e. The molecule has 4 saturated carbocycles. The average Bonchev–Trinajstić information content (AvgIpc) is 3.29. The lowest BCUT2D eigenvalue weighted by Crippen LogP contribution is -2.50. The highest BCUT2D eigenvalue weighted by Crippen LogP contribution is 2.60. The molecule has 4 bridgehead atoms. The summed E-state index contributed by atoms with van der Waals surface area (Å²) >= 11 is 1.57. The number of hydrogen-bond acceptors (Lipinski definition) is 5. The van der Waals surface area contributed by atoms with E-state index in [1.807, 2.05) is 18.3 Å². The lowest BCUT2D eigenvalue weighted by atomic mass is 9.48. The van der Waals surface area contributed by atoms with E-state index < -0.39 is 0 Å². The minimum absolute atomic E-state index is 0.0747. The van der Waals surface area contributed by atoms with Gasteiger partial charge in [0.05, 0.1) is 11.4 Å². The minimum atomic E-state index is -0.0747. The number of carbonyl (C=O) groups is 1. The van der Waals surface area contributed by atoms with Crippen molar-refractivity contribution in [2.75, 3.05) is 5.75 Å². The number of nitrogens with zero attached hydrogens (tertiary/aromatic N) is 4. The van der Waals surface area contributed by atoms with Gasteiger partial charge < -0.3 is 0 Å². The molecule has 0 atom stereocenters. The van der Waals surface area contributed by atoms with Crippen LogP contribution < -0.4 is 0 Å². The summed E-state index contributed by atoms with van der Waals surface area (Å²) in [6, 6.07) is 10.5. The van der Waals surface area contributed by atoms with Crippen LogP contribution >= 0.6 is 11.8 Å². The fraction of sp³-hybridized carbons (Fsp3) is 0.517. The Balaban J connectivity index is 1.36. The third kappa shape index (κ3) is 4.04. The molecule has 2 aromatic heterocycles. The number of carbonyl (C=O) groups excluding carboxylic acids is 1. The molecule has 1 aromatic carbocycles. The van der Waals surface area contributed by atoms with E-state index in [1.54, 1.807) is 18.0 Å². The third-order valence-corrected chi connectivity index (χ3v) is 9.63. The van der Waals surface area contributed by atoms with Crippen LogP contribution in [0.1, 0.15) is 63.5 Å². The second kappa shape index (κ2) is 9.20. The number of rotatable bonds is 8. The van der Waals surface area contributed by atoms with Crippen molar-refractivity contribution in [2.45, 2.75) is 70.4 Å². The molecule has 7 rings (SSSR count). The van der Waals surface area contributed by atoms with Crippen LogP contribution in [0.25, 0.3) is 17.1 Å². The predicted octanol–water partition coefficient (Wildman–Crippen LogP) is 6.33. The first kappa shape index (κ1) is 23.0. The molecule has 4 fully saturated rings. The zero-order valence-corrected chi connectivity index (χ0v) is 21.6. The molecular formula is C29H34N4OS. The summed E-state index contributed by atoms with van der Waals surface area (Å²) in [7, 11) is 0. The Labute approximate surface area is 212 Å². The van der Waals surface area contributed by atoms with Crippen molar-refractivity contribution in [3.63, 3.8) is 0 Å². The number of hydrogen-bond donors (Lipinski definition) is 0. The van der Waals surface area contributed by atoms with Gasteiger partial charge in [0.2, 0.25) is 0 Å². The van der Waals surface area contributed by atoms with E-state index in [9.17, 15) is 4.79 Å². The Morgan fingerprint density at radius 2 is 1.63 bits per heavy atom. The quantitative estimate of drug-likeness (QED) is 0.348. The number of para-hydroxylation sites is 1. The summed E-state index contributed by atoms with van der Waals surface area (Å²) in [6.07, 6.45) is 12.9. The number of thioether (sulfide) groups is 1. The molecule has 0 N–H and O–H groups in total. The first-order chi connectivity index (χ1) is 17.1. The highest BCUT2D eigenvalue weighted by molar-refractivity contribution is 7.99. The Morgan fingerprint density at radius 1 is 0.971 bits per heavy atom. The van der Waals surface area contributed by atoms with Crippen LogP contribution in [0, 0.1) is 23.2 Å². The molecule has 0 radical (unpaired) electrons. The van der Waals surface area contributed by atoms with E-state index in [0.29, 0.717) is 11.5 Å². The summed E-state index contributed by atoms with van der Waals surface area (Å²) in [6.45, 7) is 4.38. The molecule has 6 heteroatoms. The van der Waals surface area contributed by atoms with Gasteiger partial charge in [0.1, 0.15) is 5.78 Å². The van der Waals surface area contributed by atoms with Crippen LogP contribution in [0.4, 0.5) is 0 Å². The van der Waals surface area contributed by atoms with Crippen LogP contribution in [-0.2, 0) is 17.6 Å². The second-order valence-electron chi connectivity index (χ2n) is 10.9. The first-order valence-corrected chi connectivity index (χ1v) is 14.2. The normalized spacial score (nSPS) is 26.9. The van der Waals surface area contributed by atoms with Crippen LogP contribution in [0.5, 0.6) is 0 Å². The Bertz CT molecular complexity index is 1180. The zero-order chi connectivity index (χ0) is 24.0. The van der Waals surface area contributed by atoms with Gasteiger partial charge in [-0.1, -0.05) is 43.8 Å². The van der Waals surface area contributed by atoms with Gasteiger partial charge in [-0.2, -0.15) is 0 Å². The second-order valence-corrected chi connectivity index (χ2v) is 11.9. The highest BCUT2D eigenvalue weighted by Gasteiger charge is 2.54. The number of aryl methyl sites for hydroxylation is 2. The van der Waals surface area contributed by atoms with Gasteiger partial charge in [0, 0.05) is 23.4 Å². The van der Waals surface area contributed by atoms with Crippen LogP contribution in [-0.4, -0.2) is 31.3 Å². The Hall–Kier alpha value is -2.47. The summed E-state index contributed by atoms with van der Waals surface area (Å²) in [4.78, 5) is 18.1. The topological polar surface area (TPSA) is 60.7 Å². The molecule has 0 amide bonds. The van der Waals surface area contributed by atoms with Gasteiger partial charge in [0.15, 0.2) is 11.0 Å². The van der Waals surface area contributed by atoms with E-state index >= 15 is 0 Å². The van der Waals surface area contributed by atoms with Crippen molar-refractivity contribution in [1.82, 2.24) is 19.7 Å². The molecule has 35 heavy (non-hydrogen) atoms. The fourth-order valence-corrected chi connectivity index (χ4v) is 8.46. The predicted molar refractivity (Wildman–Crippen MR) is 140 cm³/mol. The van der Waals surface area contributed by atoms with Crippen molar-refractivity contribution in [2.24, 2.45) is 23.2 Å². The maximum atomic E-state index is 13.8. The molecule has 0 unspecified atom stereocenters. The summed E-state index contributed by atoms with van der Waals surface area (Å²) in [5.74, 6) is 4.04. The molecule has 0 spiro atoms. The summed E-state index contributed by atoms with van der Waals surface area (Å²) < 4.78 is 2.19. The largest absolute Gasteiger partial charge is 0.298 e. The van der Waals surface area contributed by atoms with Crippen molar-refractivity contribution in [3.8, 4) is 17.1 Å². The van der Waals surface area contributed by atoms with E-state index in [0.717, 1.165) is 72.1 Å². The monoisotopic (exact) mass is 486 g/mol. The lowest BCUT2D eigenvalue weighted by molar-refractivity contribution is -0.141. The third-order valence-electron chi connectivity index (χ3n) is 8.70. The van der Waals surface area contributed by atoms with Crippen molar-refractivity contribution in [1.29, 1.82) is 0 Å². The molecule has 182 valence electrons. The van der Waals surface area contributed by atoms with Gasteiger partial charge in [-0.15, -0.1) is 10.2 Å². The molecule has 4 aliphatic rings. The Morgan fingerprint density at radius 3 is 2.20 bits per heavy atom. The number of benzene rings is 1. The van der Waals surface area contributed by atoms with Gasteiger partial charge in [-0.25, -0.2) is 0 Å². The van der Waals surface area contributed by atoms with Crippen molar-refractivity contribution >= 4 is 17.5 Å². The van der Waals surface area contributed by atoms with Gasteiger partial charge in [-0.05, 0) is 92.4 Å². The zero-order valence-electron chi connectivity index (χ0n) is 20.7. The van der Waals surface area contributed by atoms with E-state index in [4.69, 9.17) is 0 Å². The highest BCUT2D eigenvalue weighted by atomic mass is 32.2. The molecule has 2 heterocycles. The standard InChI is InChI=1S/C29H34N4OS/c1-3-22-7-5-8-23(4-2)26(22)33-27(24-9-6-10-30-17-24)31-32-28(33)35-18-25(34)29-14-19-11-20(15-29)13-21(12-19)16-29/h5-10,17,19-21H,3-4,11-16,18H2,1-2H3. The summed E-state index contributed by atoms with van der Waals surface area (Å²) in [5, 5.41) is 10.1. The van der Waals surface area contributed by atoms with Crippen LogP contribution in [0.2, 0.25) is 0 Å². The molecular weight excluding hydrogens is 452 g/mol. The average molecular weight is 487 g/mol. The first-order valence-electron chi connectivity index (χ1n) is 13.2. The summed E-state index contributed by atoms with van der Waals surface area (Å²) in [5.41, 5.74) is 4.56. The van der Waals surface area contributed by atoms with E-state index in [2.05, 4.69) is 51.8 Å². The molecule has 0 aliphatic heterocycles. The molecule has 4 aliphatic carbocycles. The fourth-order valence-electron chi connectivity index (χ4n) is 7.48.